The zero-order valence-electron chi connectivity index (χ0n) is 17.2. The fourth-order valence-corrected chi connectivity index (χ4v) is 4.83. The molecule has 1 N–H and O–H groups in total. The molecular weight excluding hydrogens is 396 g/mol. The van der Waals surface area contributed by atoms with Gasteiger partial charge in [0.15, 0.2) is 5.78 Å². The largest absolute Gasteiger partial charge is 0.346 e. The van der Waals surface area contributed by atoms with Gasteiger partial charge in [-0.25, -0.2) is 0 Å². The van der Waals surface area contributed by atoms with Gasteiger partial charge < -0.3 is 5.32 Å². The number of aryl methyl sites for hydroxylation is 1. The molecule has 1 heterocycles. The average Bonchev–Trinajstić information content (AvgIpc) is 3.42. The Morgan fingerprint density at radius 1 is 1.20 bits per heavy atom. The lowest BCUT2D eigenvalue weighted by Gasteiger charge is -2.17. The van der Waals surface area contributed by atoms with Crippen LogP contribution >= 0.6 is 11.6 Å². The predicted molar refractivity (Wildman–Crippen MR) is 121 cm³/mol. The van der Waals surface area contributed by atoms with Crippen molar-refractivity contribution in [2.45, 2.75) is 57.4 Å². The zero-order valence-corrected chi connectivity index (χ0v) is 18.0. The Labute approximate surface area is 182 Å². The normalized spacial score (nSPS) is 20.7. The van der Waals surface area contributed by atoms with E-state index in [-0.39, 0.29) is 17.6 Å². The lowest BCUT2D eigenvalue weighted by Crippen LogP contribution is -2.41. The van der Waals surface area contributed by atoms with Crippen molar-refractivity contribution in [3.05, 3.63) is 64.2 Å². The predicted octanol–water partition coefficient (Wildman–Crippen LogP) is 5.19. The minimum absolute atomic E-state index is 0.00388. The summed E-state index contributed by atoms with van der Waals surface area (Å²) in [7, 11) is 0. The third kappa shape index (κ3) is 4.65. The summed E-state index contributed by atoms with van der Waals surface area (Å²) in [6, 6.07) is 13.8. The van der Waals surface area contributed by atoms with E-state index in [0.717, 1.165) is 42.5 Å². The summed E-state index contributed by atoms with van der Waals surface area (Å²) in [5.74, 6) is 0.462. The van der Waals surface area contributed by atoms with Gasteiger partial charge in [-0.05, 0) is 61.8 Å². The number of ketones is 1. The topological polar surface area (TPSA) is 58.5 Å². The van der Waals surface area contributed by atoms with Crippen LogP contribution in [0.25, 0.3) is 0 Å². The first-order valence-electron chi connectivity index (χ1n) is 10.7. The summed E-state index contributed by atoms with van der Waals surface area (Å²) in [5, 5.41) is 3.66. The number of hydrogen-bond acceptors (Lipinski definition) is 3. The second-order valence-electron chi connectivity index (χ2n) is 8.41. The Morgan fingerprint density at radius 3 is 2.80 bits per heavy atom. The van der Waals surface area contributed by atoms with Crippen LogP contribution in [0.3, 0.4) is 0 Å². The molecule has 5 heteroatoms. The van der Waals surface area contributed by atoms with Crippen molar-refractivity contribution in [1.82, 2.24) is 5.32 Å². The van der Waals surface area contributed by atoms with E-state index in [9.17, 15) is 9.59 Å². The number of aliphatic imine (C=N–C) groups is 1. The summed E-state index contributed by atoms with van der Waals surface area (Å²) in [6.45, 7) is 1.78. The standard InChI is InChI=1S/C25H27ClN2O2/c1-16(24(29)10-7-17-13-22(26)21-11-12-27-23(21)14-17)28-25(30)20-9-8-19(15-20)18-5-3-2-4-6-18/h2-6,12-14,16,19-20H,7-11,15H2,1H3,(H,28,30)/t16-,19+,20+/m0/s1. The van der Waals surface area contributed by atoms with Crippen molar-refractivity contribution in [2.75, 3.05) is 0 Å². The van der Waals surface area contributed by atoms with Crippen LogP contribution in [-0.4, -0.2) is 23.9 Å². The van der Waals surface area contributed by atoms with E-state index in [1.54, 1.807) is 6.92 Å². The van der Waals surface area contributed by atoms with E-state index in [4.69, 9.17) is 11.6 Å². The molecule has 0 spiro atoms. The monoisotopic (exact) mass is 422 g/mol. The molecule has 1 aliphatic heterocycles. The van der Waals surface area contributed by atoms with Gasteiger partial charge in [-0.15, -0.1) is 0 Å². The number of nitrogens with zero attached hydrogens (tertiary/aromatic N) is 1. The number of hydrogen-bond donors (Lipinski definition) is 1. The van der Waals surface area contributed by atoms with Crippen molar-refractivity contribution < 1.29 is 9.59 Å². The highest BCUT2D eigenvalue weighted by Crippen LogP contribution is 2.38. The van der Waals surface area contributed by atoms with Crippen molar-refractivity contribution in [2.24, 2.45) is 10.9 Å². The van der Waals surface area contributed by atoms with Gasteiger partial charge in [-0.2, -0.15) is 0 Å². The zero-order chi connectivity index (χ0) is 21.1. The molecule has 0 unspecified atom stereocenters. The van der Waals surface area contributed by atoms with Crippen molar-refractivity contribution in [3.63, 3.8) is 0 Å². The van der Waals surface area contributed by atoms with E-state index >= 15 is 0 Å². The van der Waals surface area contributed by atoms with Crippen LogP contribution in [0.15, 0.2) is 47.5 Å². The van der Waals surface area contributed by atoms with Crippen molar-refractivity contribution in [1.29, 1.82) is 0 Å². The number of fused-ring (bicyclic) bond motifs is 1. The fraction of sp³-hybridized carbons (Fsp3) is 0.400. The Balaban J connectivity index is 1.27. The smallest absolute Gasteiger partial charge is 0.223 e. The molecule has 0 saturated heterocycles. The molecule has 0 bridgehead atoms. The molecule has 2 aromatic carbocycles. The number of rotatable bonds is 7. The van der Waals surface area contributed by atoms with Gasteiger partial charge >= 0.3 is 0 Å². The van der Waals surface area contributed by atoms with Gasteiger partial charge in [0.2, 0.25) is 5.91 Å². The van der Waals surface area contributed by atoms with E-state index < -0.39 is 6.04 Å². The number of halogens is 1. The number of amides is 1. The van der Waals surface area contributed by atoms with E-state index in [1.165, 1.54) is 5.56 Å². The van der Waals surface area contributed by atoms with Gasteiger partial charge in [-0.3, -0.25) is 14.6 Å². The first-order valence-corrected chi connectivity index (χ1v) is 11.1. The van der Waals surface area contributed by atoms with Gasteiger partial charge in [-0.1, -0.05) is 41.9 Å². The number of nitrogens with one attached hydrogen (secondary N) is 1. The maximum absolute atomic E-state index is 12.7. The molecule has 1 aliphatic carbocycles. The molecule has 0 aromatic heterocycles. The first-order chi connectivity index (χ1) is 14.5. The number of Topliss-reactive ketones (excluding diaryl/α,β-unsaturated/α-hetero) is 1. The molecule has 2 aromatic rings. The van der Waals surface area contributed by atoms with Crippen LogP contribution in [0.4, 0.5) is 5.69 Å². The van der Waals surface area contributed by atoms with Gasteiger partial charge in [0.05, 0.1) is 11.7 Å². The van der Waals surface area contributed by atoms with Crippen LogP contribution in [0.1, 0.15) is 55.2 Å². The maximum Gasteiger partial charge on any atom is 0.223 e. The summed E-state index contributed by atoms with van der Waals surface area (Å²) in [6.07, 6.45) is 6.34. The van der Waals surface area contributed by atoms with Crippen LogP contribution < -0.4 is 5.32 Å². The summed E-state index contributed by atoms with van der Waals surface area (Å²) in [4.78, 5) is 29.6. The second kappa shape index (κ2) is 9.13. The van der Waals surface area contributed by atoms with Gasteiger partial charge in [0.25, 0.3) is 0 Å². The minimum atomic E-state index is -0.476. The van der Waals surface area contributed by atoms with Crippen molar-refractivity contribution >= 4 is 35.2 Å². The maximum atomic E-state index is 12.7. The molecule has 0 radical (unpaired) electrons. The SMILES string of the molecule is C[C@H](NC(=O)[C@@H]1CC[C@@H](c2ccccc2)C1)C(=O)CCc1cc(Cl)c2c(c1)N=CC2. The lowest BCUT2D eigenvalue weighted by molar-refractivity contribution is -0.129. The highest BCUT2D eigenvalue weighted by molar-refractivity contribution is 6.32. The quantitative estimate of drug-likeness (QED) is 0.667. The Hall–Kier alpha value is -2.46. The average molecular weight is 423 g/mol. The molecule has 30 heavy (non-hydrogen) atoms. The Morgan fingerprint density at radius 2 is 2.00 bits per heavy atom. The molecule has 4 rings (SSSR count). The number of carbonyl (C=O) groups is 2. The Kier molecular flexibility index (Phi) is 6.33. The van der Waals surface area contributed by atoms with Crippen LogP contribution in [0.5, 0.6) is 0 Å². The molecule has 2 aliphatic rings. The van der Waals surface area contributed by atoms with Crippen LogP contribution in [-0.2, 0) is 22.4 Å². The minimum Gasteiger partial charge on any atom is -0.346 e. The number of benzene rings is 2. The van der Waals surface area contributed by atoms with Crippen LogP contribution in [0.2, 0.25) is 5.02 Å². The van der Waals surface area contributed by atoms with E-state index in [2.05, 4.69) is 22.4 Å². The lowest BCUT2D eigenvalue weighted by atomic mass is 9.96. The molecular formula is C25H27ClN2O2. The second-order valence-corrected chi connectivity index (χ2v) is 8.81. The molecule has 156 valence electrons. The van der Waals surface area contributed by atoms with Crippen molar-refractivity contribution in [3.8, 4) is 0 Å². The van der Waals surface area contributed by atoms with Gasteiger partial charge in [0, 0.05) is 35.6 Å². The summed E-state index contributed by atoms with van der Waals surface area (Å²) >= 11 is 6.33. The van der Waals surface area contributed by atoms with E-state index in [0.29, 0.717) is 23.8 Å². The third-order valence-corrected chi connectivity index (χ3v) is 6.67. The number of carbonyl (C=O) groups excluding carboxylic acids is 2. The van der Waals surface area contributed by atoms with Crippen LogP contribution in [0, 0.1) is 5.92 Å². The summed E-state index contributed by atoms with van der Waals surface area (Å²) < 4.78 is 0. The summed E-state index contributed by atoms with van der Waals surface area (Å²) in [5.41, 5.74) is 4.26. The van der Waals surface area contributed by atoms with Gasteiger partial charge in [0.1, 0.15) is 0 Å². The molecule has 1 amide bonds. The highest BCUT2D eigenvalue weighted by atomic mass is 35.5. The molecule has 3 atom stereocenters. The fourth-order valence-electron chi connectivity index (χ4n) is 4.52. The molecule has 4 nitrogen and oxygen atoms in total. The third-order valence-electron chi connectivity index (χ3n) is 6.33. The first kappa shape index (κ1) is 20.8. The molecule has 1 saturated carbocycles. The van der Waals surface area contributed by atoms with E-state index in [1.807, 2.05) is 36.5 Å². The molecule has 1 fully saturated rings. The highest BCUT2D eigenvalue weighted by Gasteiger charge is 2.31. The Bertz CT molecular complexity index is 971.